The summed E-state index contributed by atoms with van der Waals surface area (Å²) in [4.78, 5) is 12.6. The Kier molecular flexibility index (Phi) is 5.41. The van der Waals surface area contributed by atoms with Crippen molar-refractivity contribution in [3.8, 4) is 0 Å². The Bertz CT molecular complexity index is 995. The van der Waals surface area contributed by atoms with E-state index in [1.165, 1.54) is 13.1 Å². The maximum atomic E-state index is 12.6. The molecule has 0 bridgehead atoms. The lowest BCUT2D eigenvalue weighted by atomic mass is 10.1. The fourth-order valence-corrected chi connectivity index (χ4v) is 3.81. The summed E-state index contributed by atoms with van der Waals surface area (Å²) in [6, 6.07) is 16.9. The number of anilines is 1. The molecule has 0 atom stereocenters. The molecule has 140 valence electrons. The van der Waals surface area contributed by atoms with E-state index in [-0.39, 0.29) is 23.7 Å². The molecule has 1 heterocycles. The Morgan fingerprint density at radius 3 is 2.37 bits per heavy atom. The van der Waals surface area contributed by atoms with Crippen LogP contribution in [0.5, 0.6) is 0 Å². The van der Waals surface area contributed by atoms with Gasteiger partial charge in [-0.05, 0) is 38.0 Å². The van der Waals surface area contributed by atoms with Gasteiger partial charge in [0.15, 0.2) is 0 Å². The molecular weight excluding hydrogens is 362 g/mol. The number of benzene rings is 2. The van der Waals surface area contributed by atoms with E-state index in [0.717, 1.165) is 15.4 Å². The highest BCUT2D eigenvalue weighted by atomic mass is 32.2. The van der Waals surface area contributed by atoms with Gasteiger partial charge in [-0.15, -0.1) is 4.40 Å². The molecular formula is C20H21N3O3S. The van der Waals surface area contributed by atoms with Gasteiger partial charge in [0.25, 0.3) is 5.91 Å². The molecule has 1 aliphatic rings. The minimum atomic E-state index is -3.82. The van der Waals surface area contributed by atoms with Crippen LogP contribution >= 0.6 is 0 Å². The Morgan fingerprint density at radius 2 is 1.70 bits per heavy atom. The first-order chi connectivity index (χ1) is 12.8. The van der Waals surface area contributed by atoms with E-state index in [9.17, 15) is 13.2 Å². The highest BCUT2D eigenvalue weighted by molar-refractivity contribution is 7.88. The van der Waals surface area contributed by atoms with Crippen LogP contribution < -0.4 is 5.32 Å². The molecule has 1 amide bonds. The van der Waals surface area contributed by atoms with Crippen molar-refractivity contribution in [3.63, 3.8) is 0 Å². The number of carbonyl (C=O) groups is 1. The molecule has 0 saturated carbocycles. The van der Waals surface area contributed by atoms with Crippen LogP contribution in [0.2, 0.25) is 0 Å². The standard InChI is InChI=1S/C20H21N3O3S/c1-15-8-10-18(11-9-15)21-20(24)19-14-23(27(25,26)22-16(19)2)13-12-17-6-4-3-5-7-17/h3-11,14H,12-13H2,1-2H3,(H,21,24). The average Bonchev–Trinajstić information content (AvgIpc) is 2.63. The van der Waals surface area contributed by atoms with Gasteiger partial charge in [-0.1, -0.05) is 48.0 Å². The van der Waals surface area contributed by atoms with Gasteiger partial charge < -0.3 is 5.32 Å². The maximum absolute atomic E-state index is 12.6. The Morgan fingerprint density at radius 1 is 1.04 bits per heavy atom. The molecule has 3 rings (SSSR count). The molecule has 7 heteroatoms. The summed E-state index contributed by atoms with van der Waals surface area (Å²) in [6.45, 7) is 3.69. The topological polar surface area (TPSA) is 78.8 Å². The minimum Gasteiger partial charge on any atom is -0.322 e. The zero-order chi connectivity index (χ0) is 19.4. The summed E-state index contributed by atoms with van der Waals surface area (Å²) in [5.41, 5.74) is 3.15. The third-order valence-electron chi connectivity index (χ3n) is 4.23. The van der Waals surface area contributed by atoms with Crippen molar-refractivity contribution < 1.29 is 13.2 Å². The van der Waals surface area contributed by atoms with Crippen LogP contribution in [0.25, 0.3) is 0 Å². The summed E-state index contributed by atoms with van der Waals surface area (Å²) in [5, 5.41) is 2.78. The van der Waals surface area contributed by atoms with Crippen LogP contribution in [0, 0.1) is 6.92 Å². The normalized spacial score (nSPS) is 15.7. The Labute approximate surface area is 159 Å². The van der Waals surface area contributed by atoms with Crippen molar-refractivity contribution >= 4 is 27.5 Å². The summed E-state index contributed by atoms with van der Waals surface area (Å²) in [7, 11) is -3.82. The second-order valence-electron chi connectivity index (χ2n) is 6.36. The molecule has 6 nitrogen and oxygen atoms in total. The quantitative estimate of drug-likeness (QED) is 0.862. The summed E-state index contributed by atoms with van der Waals surface area (Å²) >= 11 is 0. The predicted molar refractivity (Wildman–Crippen MR) is 107 cm³/mol. The number of hydrogen-bond donors (Lipinski definition) is 1. The largest absolute Gasteiger partial charge is 0.344 e. The van der Waals surface area contributed by atoms with E-state index in [1.807, 2.05) is 49.4 Å². The second kappa shape index (κ2) is 7.75. The molecule has 0 radical (unpaired) electrons. The zero-order valence-corrected chi connectivity index (χ0v) is 16.0. The molecule has 1 aliphatic heterocycles. The van der Waals surface area contributed by atoms with E-state index in [2.05, 4.69) is 9.71 Å². The first-order valence-electron chi connectivity index (χ1n) is 8.57. The van der Waals surface area contributed by atoms with Crippen molar-refractivity contribution in [2.45, 2.75) is 20.3 Å². The van der Waals surface area contributed by atoms with Crippen molar-refractivity contribution in [1.82, 2.24) is 4.31 Å². The summed E-state index contributed by atoms with van der Waals surface area (Å²) in [6.07, 6.45) is 1.89. The van der Waals surface area contributed by atoms with Gasteiger partial charge in [-0.2, -0.15) is 8.42 Å². The van der Waals surface area contributed by atoms with Crippen LogP contribution in [0.3, 0.4) is 0 Å². The highest BCUT2D eigenvalue weighted by Crippen LogP contribution is 2.19. The lowest BCUT2D eigenvalue weighted by Crippen LogP contribution is -2.34. The van der Waals surface area contributed by atoms with Gasteiger partial charge >= 0.3 is 10.2 Å². The van der Waals surface area contributed by atoms with Crippen LogP contribution in [-0.4, -0.2) is 30.9 Å². The van der Waals surface area contributed by atoms with Crippen LogP contribution in [0.4, 0.5) is 5.69 Å². The van der Waals surface area contributed by atoms with E-state index in [0.29, 0.717) is 12.1 Å². The SMILES string of the molecule is CC1=NS(=O)(=O)N(CCc2ccccc2)C=C1C(=O)Nc1ccc(C)cc1. The molecule has 27 heavy (non-hydrogen) atoms. The van der Waals surface area contributed by atoms with Gasteiger partial charge in [0.1, 0.15) is 0 Å². The van der Waals surface area contributed by atoms with Gasteiger partial charge in [-0.3, -0.25) is 9.10 Å². The first kappa shape index (κ1) is 18.8. The van der Waals surface area contributed by atoms with E-state index >= 15 is 0 Å². The number of aryl methyl sites for hydroxylation is 1. The molecule has 2 aromatic rings. The second-order valence-corrected chi connectivity index (χ2v) is 7.91. The molecule has 0 fully saturated rings. The molecule has 0 aromatic heterocycles. The van der Waals surface area contributed by atoms with Gasteiger partial charge in [0.05, 0.1) is 11.3 Å². The monoisotopic (exact) mass is 383 g/mol. The number of carbonyl (C=O) groups excluding carboxylic acids is 1. The molecule has 0 spiro atoms. The number of rotatable bonds is 5. The van der Waals surface area contributed by atoms with Crippen molar-refractivity contribution in [3.05, 3.63) is 77.5 Å². The van der Waals surface area contributed by atoms with Crippen molar-refractivity contribution in [2.24, 2.45) is 4.40 Å². The van der Waals surface area contributed by atoms with Crippen LogP contribution in [0.1, 0.15) is 18.1 Å². The fourth-order valence-electron chi connectivity index (χ4n) is 2.70. The highest BCUT2D eigenvalue weighted by Gasteiger charge is 2.27. The molecule has 0 saturated heterocycles. The third-order valence-corrected chi connectivity index (χ3v) is 5.61. The minimum absolute atomic E-state index is 0.176. The van der Waals surface area contributed by atoms with E-state index in [4.69, 9.17) is 0 Å². The number of hydrogen-bond acceptors (Lipinski definition) is 3. The first-order valence-corrected chi connectivity index (χ1v) is 9.97. The fraction of sp³-hybridized carbons (Fsp3) is 0.200. The van der Waals surface area contributed by atoms with Crippen LogP contribution in [0.15, 0.2) is 70.8 Å². The predicted octanol–water partition coefficient (Wildman–Crippen LogP) is 3.08. The Balaban J connectivity index is 1.78. The Hall–Kier alpha value is -2.93. The molecule has 2 aromatic carbocycles. The molecule has 0 aliphatic carbocycles. The summed E-state index contributed by atoms with van der Waals surface area (Å²) < 4.78 is 29.6. The smallest absolute Gasteiger partial charge is 0.322 e. The number of nitrogens with zero attached hydrogens (tertiary/aromatic N) is 2. The maximum Gasteiger partial charge on any atom is 0.344 e. The number of amides is 1. The molecule has 1 N–H and O–H groups in total. The zero-order valence-electron chi connectivity index (χ0n) is 15.2. The van der Waals surface area contributed by atoms with Crippen molar-refractivity contribution in [1.29, 1.82) is 0 Å². The van der Waals surface area contributed by atoms with Gasteiger partial charge in [0, 0.05) is 18.4 Å². The number of nitrogens with one attached hydrogen (secondary N) is 1. The van der Waals surface area contributed by atoms with Gasteiger partial charge in [0.2, 0.25) is 0 Å². The summed E-state index contributed by atoms with van der Waals surface area (Å²) in [5.74, 6) is -0.389. The lowest BCUT2D eigenvalue weighted by Gasteiger charge is -2.23. The lowest BCUT2D eigenvalue weighted by molar-refractivity contribution is -0.112. The van der Waals surface area contributed by atoms with Gasteiger partial charge in [-0.25, -0.2) is 0 Å². The molecule has 0 unspecified atom stereocenters. The van der Waals surface area contributed by atoms with Crippen molar-refractivity contribution in [2.75, 3.05) is 11.9 Å². The third kappa shape index (κ3) is 4.62. The van der Waals surface area contributed by atoms with E-state index in [1.54, 1.807) is 12.1 Å². The van der Waals surface area contributed by atoms with Crippen LogP contribution in [-0.2, 0) is 21.4 Å². The van der Waals surface area contributed by atoms with E-state index < -0.39 is 10.2 Å². The average molecular weight is 383 g/mol.